The number of halogens is 1. The van der Waals surface area contributed by atoms with E-state index >= 15 is 0 Å². The Morgan fingerprint density at radius 1 is 1.53 bits per heavy atom. The Bertz CT molecular complexity index is 452. The Morgan fingerprint density at radius 2 is 2.26 bits per heavy atom. The maximum atomic E-state index is 12.1. The maximum Gasteiger partial charge on any atom is 0.236 e. The van der Waals surface area contributed by atoms with Crippen LogP contribution in [0.5, 0.6) is 0 Å². The van der Waals surface area contributed by atoms with Gasteiger partial charge in [0.25, 0.3) is 0 Å². The minimum atomic E-state index is 0.143. The molecule has 2 N–H and O–H groups in total. The van der Waals surface area contributed by atoms with Gasteiger partial charge >= 0.3 is 0 Å². The first-order valence-corrected chi connectivity index (χ1v) is 7.31. The summed E-state index contributed by atoms with van der Waals surface area (Å²) in [6.45, 7) is 2.85. The highest BCUT2D eigenvalue weighted by Crippen LogP contribution is 2.17. The van der Waals surface area contributed by atoms with Crippen LogP contribution < -0.4 is 5.73 Å². The lowest BCUT2D eigenvalue weighted by molar-refractivity contribution is -0.131. The second-order valence-electron chi connectivity index (χ2n) is 5.13. The van der Waals surface area contributed by atoms with Gasteiger partial charge in [-0.15, -0.1) is 0 Å². The van der Waals surface area contributed by atoms with Crippen LogP contribution >= 0.6 is 15.9 Å². The zero-order valence-corrected chi connectivity index (χ0v) is 12.8. The van der Waals surface area contributed by atoms with Gasteiger partial charge in [0.15, 0.2) is 0 Å². The molecule has 1 aromatic carbocycles. The highest BCUT2D eigenvalue weighted by molar-refractivity contribution is 9.10. The minimum Gasteiger partial charge on any atom is -0.340 e. The largest absolute Gasteiger partial charge is 0.340 e. The van der Waals surface area contributed by atoms with Gasteiger partial charge in [-0.2, -0.15) is 0 Å². The number of nitrogens with two attached hydrogens (primary N) is 1. The Morgan fingerprint density at radius 3 is 2.89 bits per heavy atom. The van der Waals surface area contributed by atoms with E-state index in [2.05, 4.69) is 20.8 Å². The van der Waals surface area contributed by atoms with Crippen molar-refractivity contribution in [3.63, 3.8) is 0 Å². The lowest BCUT2D eigenvalue weighted by Gasteiger charge is -2.22. The van der Waals surface area contributed by atoms with Crippen molar-refractivity contribution in [1.29, 1.82) is 0 Å². The lowest BCUT2D eigenvalue weighted by Crippen LogP contribution is -2.38. The zero-order valence-electron chi connectivity index (χ0n) is 11.2. The molecule has 0 aromatic heterocycles. The fourth-order valence-corrected chi connectivity index (χ4v) is 2.70. The average molecular weight is 326 g/mol. The van der Waals surface area contributed by atoms with Crippen LogP contribution in [0.4, 0.5) is 0 Å². The van der Waals surface area contributed by atoms with Crippen molar-refractivity contribution in [1.82, 2.24) is 9.80 Å². The molecule has 1 aliphatic rings. The summed E-state index contributed by atoms with van der Waals surface area (Å²) in [5, 5.41) is 0. The first-order chi connectivity index (χ1) is 9.06. The molecule has 1 fully saturated rings. The molecule has 2 rings (SSSR count). The van der Waals surface area contributed by atoms with Crippen molar-refractivity contribution < 1.29 is 4.79 Å². The lowest BCUT2D eigenvalue weighted by atomic mass is 10.2. The van der Waals surface area contributed by atoms with Gasteiger partial charge in [0, 0.05) is 37.2 Å². The van der Waals surface area contributed by atoms with Gasteiger partial charge in [-0.25, -0.2) is 0 Å². The topological polar surface area (TPSA) is 49.6 Å². The van der Waals surface area contributed by atoms with Gasteiger partial charge in [0.05, 0.1) is 6.54 Å². The highest BCUT2D eigenvalue weighted by Gasteiger charge is 2.22. The fourth-order valence-electron chi connectivity index (χ4n) is 2.29. The van der Waals surface area contributed by atoms with E-state index in [0.29, 0.717) is 13.1 Å². The summed E-state index contributed by atoms with van der Waals surface area (Å²) in [6.07, 6.45) is 0.987. The third-order valence-electron chi connectivity index (χ3n) is 3.46. The van der Waals surface area contributed by atoms with E-state index in [1.807, 2.05) is 31.3 Å². The van der Waals surface area contributed by atoms with Crippen LogP contribution in [0.15, 0.2) is 28.7 Å². The number of carbonyl (C=O) groups excluding carboxylic acids is 1. The minimum absolute atomic E-state index is 0.143. The number of likely N-dealkylation sites (tertiary alicyclic amines) is 1. The first kappa shape index (κ1) is 14.5. The SMILES string of the molecule is CN(Cc1ccccc1Br)C(=O)CN1CCC(N)C1. The molecule has 104 valence electrons. The van der Waals surface area contributed by atoms with Crippen molar-refractivity contribution in [2.75, 3.05) is 26.7 Å². The summed E-state index contributed by atoms with van der Waals surface area (Å²) in [4.78, 5) is 16.0. The van der Waals surface area contributed by atoms with Crippen molar-refractivity contribution in [3.05, 3.63) is 34.3 Å². The number of hydrogen-bond acceptors (Lipinski definition) is 3. The van der Waals surface area contributed by atoms with Gasteiger partial charge in [-0.1, -0.05) is 34.1 Å². The van der Waals surface area contributed by atoms with Crippen LogP contribution in [0, 0.1) is 0 Å². The van der Waals surface area contributed by atoms with E-state index in [1.165, 1.54) is 0 Å². The van der Waals surface area contributed by atoms with Crippen LogP contribution in [0.3, 0.4) is 0 Å². The standard InChI is InChI=1S/C14H20BrN3O/c1-17(8-11-4-2-3-5-13(11)15)14(19)10-18-7-6-12(16)9-18/h2-5,12H,6-10,16H2,1H3. The van der Waals surface area contributed by atoms with E-state index in [1.54, 1.807) is 4.90 Å². The predicted molar refractivity (Wildman–Crippen MR) is 79.6 cm³/mol. The first-order valence-electron chi connectivity index (χ1n) is 6.51. The third kappa shape index (κ3) is 4.03. The van der Waals surface area contributed by atoms with Crippen molar-refractivity contribution in [2.45, 2.75) is 19.0 Å². The van der Waals surface area contributed by atoms with Crippen LogP contribution in [-0.2, 0) is 11.3 Å². The molecule has 1 aliphatic heterocycles. The molecule has 0 spiro atoms. The summed E-state index contributed by atoms with van der Waals surface area (Å²) in [6, 6.07) is 8.20. The Labute approximate surface area is 122 Å². The normalized spacial score (nSPS) is 19.6. The molecule has 1 heterocycles. The third-order valence-corrected chi connectivity index (χ3v) is 4.23. The molecule has 5 heteroatoms. The molecule has 0 radical (unpaired) electrons. The molecule has 1 amide bonds. The van der Waals surface area contributed by atoms with Crippen molar-refractivity contribution in [2.24, 2.45) is 5.73 Å². The van der Waals surface area contributed by atoms with E-state index in [-0.39, 0.29) is 11.9 Å². The van der Waals surface area contributed by atoms with Gasteiger partial charge < -0.3 is 10.6 Å². The number of carbonyl (C=O) groups is 1. The summed E-state index contributed by atoms with van der Waals surface area (Å²) >= 11 is 3.51. The zero-order chi connectivity index (χ0) is 13.8. The Balaban J connectivity index is 1.87. The smallest absolute Gasteiger partial charge is 0.236 e. The van der Waals surface area contributed by atoms with Gasteiger partial charge in [-0.05, 0) is 18.1 Å². The number of likely N-dealkylation sites (N-methyl/N-ethyl adjacent to an activating group) is 1. The number of hydrogen-bond donors (Lipinski definition) is 1. The molecular weight excluding hydrogens is 306 g/mol. The van der Waals surface area contributed by atoms with Crippen LogP contribution in [0.1, 0.15) is 12.0 Å². The van der Waals surface area contributed by atoms with E-state index in [4.69, 9.17) is 5.73 Å². The van der Waals surface area contributed by atoms with Gasteiger partial charge in [-0.3, -0.25) is 9.69 Å². The summed E-state index contributed by atoms with van der Waals surface area (Å²) < 4.78 is 1.04. The van der Waals surface area contributed by atoms with Gasteiger partial charge in [0.1, 0.15) is 0 Å². The molecule has 0 saturated carbocycles. The molecule has 0 aliphatic carbocycles. The molecular formula is C14H20BrN3O. The molecule has 1 saturated heterocycles. The van der Waals surface area contributed by atoms with Crippen molar-refractivity contribution in [3.8, 4) is 0 Å². The number of rotatable bonds is 4. The molecule has 0 bridgehead atoms. The molecule has 1 aromatic rings. The monoisotopic (exact) mass is 325 g/mol. The quantitative estimate of drug-likeness (QED) is 0.911. The fraction of sp³-hybridized carbons (Fsp3) is 0.500. The summed E-state index contributed by atoms with van der Waals surface area (Å²) in [7, 11) is 1.85. The van der Waals surface area contributed by atoms with Crippen LogP contribution in [-0.4, -0.2) is 48.4 Å². The van der Waals surface area contributed by atoms with Crippen LogP contribution in [0.25, 0.3) is 0 Å². The van der Waals surface area contributed by atoms with Crippen molar-refractivity contribution >= 4 is 21.8 Å². The maximum absolute atomic E-state index is 12.1. The highest BCUT2D eigenvalue weighted by atomic mass is 79.9. The summed E-state index contributed by atoms with van der Waals surface area (Å²) in [5.41, 5.74) is 6.97. The Kier molecular flexibility index (Phi) is 4.96. The molecule has 19 heavy (non-hydrogen) atoms. The Hall–Kier alpha value is -0.910. The predicted octanol–water partition coefficient (Wildman–Crippen LogP) is 1.44. The average Bonchev–Trinajstić information content (AvgIpc) is 2.77. The van der Waals surface area contributed by atoms with E-state index in [0.717, 1.165) is 29.5 Å². The second-order valence-corrected chi connectivity index (χ2v) is 5.98. The van der Waals surface area contributed by atoms with E-state index < -0.39 is 0 Å². The number of nitrogens with zero attached hydrogens (tertiary/aromatic N) is 2. The molecule has 4 nitrogen and oxygen atoms in total. The number of benzene rings is 1. The molecule has 1 unspecified atom stereocenters. The second kappa shape index (κ2) is 6.50. The van der Waals surface area contributed by atoms with Crippen LogP contribution in [0.2, 0.25) is 0 Å². The molecule has 1 atom stereocenters. The number of amides is 1. The van der Waals surface area contributed by atoms with E-state index in [9.17, 15) is 4.79 Å². The summed E-state index contributed by atoms with van der Waals surface area (Å²) in [5.74, 6) is 0.143. The van der Waals surface area contributed by atoms with Gasteiger partial charge in [0.2, 0.25) is 5.91 Å².